The molecule has 2 aromatic rings. The minimum absolute atomic E-state index is 0.0249. The van der Waals surface area contributed by atoms with Crippen LogP contribution in [0.2, 0.25) is 0 Å². The Hall–Kier alpha value is -2.50. The maximum atomic E-state index is 12.9. The first kappa shape index (κ1) is 14.4. The zero-order valence-electron chi connectivity index (χ0n) is 12.0. The fourth-order valence-electron chi connectivity index (χ4n) is 2.46. The van der Waals surface area contributed by atoms with E-state index in [0.717, 1.165) is 12.0 Å². The molecule has 0 aliphatic carbocycles. The van der Waals surface area contributed by atoms with Gasteiger partial charge in [-0.05, 0) is 17.7 Å². The van der Waals surface area contributed by atoms with E-state index >= 15 is 0 Å². The molecule has 2 heterocycles. The van der Waals surface area contributed by atoms with Crippen molar-refractivity contribution in [2.45, 2.75) is 18.9 Å². The first-order valence-corrected chi connectivity index (χ1v) is 7.15. The summed E-state index contributed by atoms with van der Waals surface area (Å²) in [4.78, 5) is 22.0. The van der Waals surface area contributed by atoms with E-state index in [0.29, 0.717) is 19.0 Å². The molecule has 1 fully saturated rings. The van der Waals surface area contributed by atoms with Crippen molar-refractivity contribution >= 4 is 5.91 Å². The summed E-state index contributed by atoms with van der Waals surface area (Å²) in [6.07, 6.45) is 5.70. The van der Waals surface area contributed by atoms with Gasteiger partial charge in [0.2, 0.25) is 11.8 Å². The molecule has 0 N–H and O–H groups in total. The first-order chi connectivity index (χ1) is 10.7. The Bertz CT molecular complexity index is 634. The monoisotopic (exact) mass is 301 g/mol. The maximum absolute atomic E-state index is 12.9. The number of carbonyl (C=O) groups excluding carboxylic acids is 1. The predicted octanol–water partition coefficient (Wildman–Crippen LogP) is 1.84. The number of benzene rings is 1. The van der Waals surface area contributed by atoms with Crippen molar-refractivity contribution in [3.63, 3.8) is 0 Å². The zero-order valence-corrected chi connectivity index (χ0v) is 12.0. The molecule has 1 amide bonds. The van der Waals surface area contributed by atoms with E-state index in [2.05, 4.69) is 9.97 Å². The van der Waals surface area contributed by atoms with Gasteiger partial charge in [-0.1, -0.05) is 12.1 Å². The van der Waals surface area contributed by atoms with Gasteiger partial charge in [0.25, 0.3) is 0 Å². The fraction of sp³-hybridized carbons (Fsp3) is 0.312. The van der Waals surface area contributed by atoms with Gasteiger partial charge in [-0.25, -0.2) is 9.37 Å². The number of ether oxygens (including phenoxy) is 1. The molecule has 114 valence electrons. The highest BCUT2D eigenvalue weighted by Gasteiger charge is 2.27. The van der Waals surface area contributed by atoms with Crippen LogP contribution in [-0.4, -0.2) is 40.0 Å². The van der Waals surface area contributed by atoms with E-state index in [1.165, 1.54) is 12.1 Å². The molecular formula is C16H16FN3O2. The lowest BCUT2D eigenvalue weighted by Crippen LogP contribution is -2.32. The number of rotatable bonds is 4. The van der Waals surface area contributed by atoms with Crippen molar-refractivity contribution in [2.75, 3.05) is 13.1 Å². The molecule has 1 atom stereocenters. The molecule has 6 heteroatoms. The molecular weight excluding hydrogens is 285 g/mol. The molecule has 1 saturated heterocycles. The Balaban J connectivity index is 1.53. The van der Waals surface area contributed by atoms with Crippen molar-refractivity contribution in [3.05, 3.63) is 54.2 Å². The van der Waals surface area contributed by atoms with Gasteiger partial charge >= 0.3 is 0 Å². The average molecular weight is 301 g/mol. The number of aromatic nitrogens is 2. The summed E-state index contributed by atoms with van der Waals surface area (Å²) in [6.45, 7) is 1.20. The van der Waals surface area contributed by atoms with Gasteiger partial charge < -0.3 is 9.64 Å². The maximum Gasteiger partial charge on any atom is 0.232 e. The van der Waals surface area contributed by atoms with E-state index in [4.69, 9.17) is 4.74 Å². The molecule has 0 spiro atoms. The SMILES string of the molecule is O=C(Cc1ccc(F)cc1)N1CCC(Oc2cnccn2)C1. The topological polar surface area (TPSA) is 55.3 Å². The van der Waals surface area contributed by atoms with Crippen LogP contribution in [0.5, 0.6) is 5.88 Å². The van der Waals surface area contributed by atoms with Gasteiger partial charge in [-0.15, -0.1) is 0 Å². The lowest BCUT2D eigenvalue weighted by molar-refractivity contribution is -0.129. The molecule has 3 rings (SSSR count). The van der Waals surface area contributed by atoms with Gasteiger partial charge in [-0.2, -0.15) is 0 Å². The number of halogens is 1. The molecule has 0 bridgehead atoms. The van der Waals surface area contributed by atoms with Crippen LogP contribution in [0.15, 0.2) is 42.9 Å². The van der Waals surface area contributed by atoms with Crippen molar-refractivity contribution in [2.24, 2.45) is 0 Å². The fourth-order valence-corrected chi connectivity index (χ4v) is 2.46. The highest BCUT2D eigenvalue weighted by molar-refractivity contribution is 5.79. The van der Waals surface area contributed by atoms with E-state index in [1.807, 2.05) is 0 Å². The smallest absolute Gasteiger partial charge is 0.232 e. The Kier molecular flexibility index (Phi) is 4.27. The molecule has 1 aliphatic rings. The Morgan fingerprint density at radius 2 is 2.14 bits per heavy atom. The van der Waals surface area contributed by atoms with Crippen molar-refractivity contribution < 1.29 is 13.9 Å². The molecule has 1 unspecified atom stereocenters. The summed E-state index contributed by atoms with van der Waals surface area (Å²) < 4.78 is 18.6. The minimum atomic E-state index is -0.296. The molecule has 0 radical (unpaired) electrons. The second-order valence-electron chi connectivity index (χ2n) is 5.22. The number of hydrogen-bond acceptors (Lipinski definition) is 4. The van der Waals surface area contributed by atoms with Crippen LogP contribution < -0.4 is 4.74 Å². The number of hydrogen-bond donors (Lipinski definition) is 0. The number of likely N-dealkylation sites (tertiary alicyclic amines) is 1. The second-order valence-corrected chi connectivity index (χ2v) is 5.22. The van der Waals surface area contributed by atoms with Crippen LogP contribution >= 0.6 is 0 Å². The van der Waals surface area contributed by atoms with E-state index in [1.54, 1.807) is 35.6 Å². The summed E-state index contributed by atoms with van der Waals surface area (Å²) in [7, 11) is 0. The third-order valence-electron chi connectivity index (χ3n) is 3.59. The molecule has 1 aliphatic heterocycles. The Morgan fingerprint density at radius 3 is 2.86 bits per heavy atom. The first-order valence-electron chi connectivity index (χ1n) is 7.15. The van der Waals surface area contributed by atoms with Crippen LogP contribution in [0.1, 0.15) is 12.0 Å². The average Bonchev–Trinajstić information content (AvgIpc) is 2.99. The number of nitrogens with zero attached hydrogens (tertiary/aromatic N) is 3. The number of carbonyl (C=O) groups is 1. The van der Waals surface area contributed by atoms with Crippen LogP contribution in [-0.2, 0) is 11.2 Å². The van der Waals surface area contributed by atoms with Crippen LogP contribution in [0, 0.1) is 5.82 Å². The summed E-state index contributed by atoms with van der Waals surface area (Å²) in [5, 5.41) is 0. The molecule has 5 nitrogen and oxygen atoms in total. The third kappa shape index (κ3) is 3.58. The van der Waals surface area contributed by atoms with Crippen molar-refractivity contribution in [1.82, 2.24) is 14.9 Å². The van der Waals surface area contributed by atoms with Crippen molar-refractivity contribution in [1.29, 1.82) is 0 Å². The number of amides is 1. The highest BCUT2D eigenvalue weighted by Crippen LogP contribution is 2.17. The lowest BCUT2D eigenvalue weighted by atomic mass is 10.1. The van der Waals surface area contributed by atoms with Gasteiger partial charge in [0.15, 0.2) is 0 Å². The van der Waals surface area contributed by atoms with E-state index in [-0.39, 0.29) is 24.2 Å². The quantitative estimate of drug-likeness (QED) is 0.864. The molecule has 0 saturated carbocycles. The standard InChI is InChI=1S/C16H16FN3O2/c17-13-3-1-12(2-4-13)9-16(21)20-8-5-14(11-20)22-15-10-18-6-7-19-15/h1-4,6-7,10,14H,5,8-9,11H2. The molecule has 22 heavy (non-hydrogen) atoms. The lowest BCUT2D eigenvalue weighted by Gasteiger charge is -2.17. The second kappa shape index (κ2) is 6.51. The predicted molar refractivity (Wildman–Crippen MR) is 77.7 cm³/mol. The normalized spacial score (nSPS) is 17.5. The molecule has 1 aromatic heterocycles. The summed E-state index contributed by atoms with van der Waals surface area (Å²) in [5.74, 6) is 0.201. The van der Waals surface area contributed by atoms with Crippen LogP contribution in [0.3, 0.4) is 0 Å². The van der Waals surface area contributed by atoms with Crippen LogP contribution in [0.25, 0.3) is 0 Å². The Morgan fingerprint density at radius 1 is 1.32 bits per heavy atom. The zero-order chi connectivity index (χ0) is 15.4. The third-order valence-corrected chi connectivity index (χ3v) is 3.59. The van der Waals surface area contributed by atoms with E-state index in [9.17, 15) is 9.18 Å². The summed E-state index contributed by atoms with van der Waals surface area (Å²) >= 11 is 0. The summed E-state index contributed by atoms with van der Waals surface area (Å²) in [6, 6.07) is 6.01. The highest BCUT2D eigenvalue weighted by atomic mass is 19.1. The molecule has 1 aromatic carbocycles. The minimum Gasteiger partial charge on any atom is -0.471 e. The largest absolute Gasteiger partial charge is 0.471 e. The van der Waals surface area contributed by atoms with Gasteiger partial charge in [0.1, 0.15) is 11.9 Å². The van der Waals surface area contributed by atoms with Gasteiger partial charge in [0.05, 0.1) is 19.2 Å². The summed E-state index contributed by atoms with van der Waals surface area (Å²) in [5.41, 5.74) is 0.810. The Labute approximate surface area is 127 Å². The van der Waals surface area contributed by atoms with Crippen LogP contribution in [0.4, 0.5) is 4.39 Å². The van der Waals surface area contributed by atoms with Gasteiger partial charge in [0, 0.05) is 25.4 Å². The van der Waals surface area contributed by atoms with E-state index < -0.39 is 0 Å². The van der Waals surface area contributed by atoms with Crippen molar-refractivity contribution in [3.8, 4) is 5.88 Å². The van der Waals surface area contributed by atoms with Gasteiger partial charge in [-0.3, -0.25) is 9.78 Å².